The van der Waals surface area contributed by atoms with Gasteiger partial charge in [-0.1, -0.05) is 6.07 Å². The summed E-state index contributed by atoms with van der Waals surface area (Å²) in [7, 11) is 0. The quantitative estimate of drug-likeness (QED) is 0.840. The van der Waals surface area contributed by atoms with Gasteiger partial charge in [-0.25, -0.2) is 0 Å². The van der Waals surface area contributed by atoms with Gasteiger partial charge in [-0.15, -0.1) is 0 Å². The summed E-state index contributed by atoms with van der Waals surface area (Å²) in [6.07, 6.45) is 5.72. The first-order valence-corrected chi connectivity index (χ1v) is 6.38. The molecule has 2 saturated carbocycles. The van der Waals surface area contributed by atoms with Gasteiger partial charge in [0.2, 0.25) is 0 Å². The summed E-state index contributed by atoms with van der Waals surface area (Å²) in [6.45, 7) is 0. The molecule has 90 valence electrons. The Bertz CT molecular complexity index is 448. The number of phenols is 1. The predicted molar refractivity (Wildman–Crippen MR) is 65.2 cm³/mol. The summed E-state index contributed by atoms with van der Waals surface area (Å²) in [6, 6.07) is 5.77. The molecule has 2 N–H and O–H groups in total. The van der Waals surface area contributed by atoms with Crippen LogP contribution in [0.4, 0.5) is 0 Å². The highest BCUT2D eigenvalue weighted by Crippen LogP contribution is 2.41. The molecule has 0 unspecified atom stereocenters. The average molecular weight is 231 g/mol. The number of aromatic hydroxyl groups is 1. The van der Waals surface area contributed by atoms with Crippen LogP contribution in [0, 0.1) is 0 Å². The number of nitrogens with one attached hydrogen (secondary N) is 1. The van der Waals surface area contributed by atoms with Crippen LogP contribution >= 0.6 is 0 Å². The van der Waals surface area contributed by atoms with Crippen LogP contribution in [0.2, 0.25) is 0 Å². The molecular formula is C14H17NO2. The van der Waals surface area contributed by atoms with Gasteiger partial charge in [0.05, 0.1) is 5.56 Å². The van der Waals surface area contributed by atoms with Gasteiger partial charge in [0.15, 0.2) is 0 Å². The average Bonchev–Trinajstić information content (AvgIpc) is 3.06. The second kappa shape index (κ2) is 4.06. The first-order valence-electron chi connectivity index (χ1n) is 6.38. The molecular weight excluding hydrogens is 214 g/mol. The van der Waals surface area contributed by atoms with E-state index in [1.807, 2.05) is 6.07 Å². The van der Waals surface area contributed by atoms with E-state index < -0.39 is 0 Å². The first-order chi connectivity index (χ1) is 8.24. The molecule has 2 aliphatic carbocycles. The molecule has 0 aromatic heterocycles. The second-order valence-electron chi connectivity index (χ2n) is 5.15. The Morgan fingerprint density at radius 3 is 2.53 bits per heavy atom. The molecule has 0 aliphatic heterocycles. The van der Waals surface area contributed by atoms with E-state index in [0.29, 0.717) is 17.5 Å². The SMILES string of the molecule is O=C(NC1CCC1)c1ccc(C2CC2)cc1O. The lowest BCUT2D eigenvalue weighted by molar-refractivity contribution is 0.0914. The highest BCUT2D eigenvalue weighted by atomic mass is 16.3. The smallest absolute Gasteiger partial charge is 0.255 e. The molecule has 1 aromatic rings. The highest BCUT2D eigenvalue weighted by Gasteiger charge is 2.26. The normalized spacial score (nSPS) is 19.8. The van der Waals surface area contributed by atoms with E-state index in [-0.39, 0.29) is 11.7 Å². The van der Waals surface area contributed by atoms with E-state index in [0.717, 1.165) is 18.4 Å². The zero-order valence-corrected chi connectivity index (χ0v) is 9.78. The number of amides is 1. The maximum absolute atomic E-state index is 11.9. The van der Waals surface area contributed by atoms with E-state index in [1.165, 1.54) is 19.3 Å². The van der Waals surface area contributed by atoms with Crippen LogP contribution in [0.15, 0.2) is 18.2 Å². The fourth-order valence-corrected chi connectivity index (χ4v) is 2.23. The lowest BCUT2D eigenvalue weighted by atomic mass is 9.93. The molecule has 3 rings (SSSR count). The van der Waals surface area contributed by atoms with Crippen molar-refractivity contribution in [3.8, 4) is 5.75 Å². The van der Waals surface area contributed by atoms with Crippen LogP contribution in [0.1, 0.15) is 53.9 Å². The van der Waals surface area contributed by atoms with Gasteiger partial charge in [0.25, 0.3) is 5.91 Å². The lowest BCUT2D eigenvalue weighted by Crippen LogP contribution is -2.39. The Morgan fingerprint density at radius 2 is 2.00 bits per heavy atom. The molecule has 2 fully saturated rings. The molecule has 2 aliphatic rings. The van der Waals surface area contributed by atoms with Gasteiger partial charge in [-0.2, -0.15) is 0 Å². The van der Waals surface area contributed by atoms with Crippen molar-refractivity contribution in [1.82, 2.24) is 5.32 Å². The molecule has 0 atom stereocenters. The lowest BCUT2D eigenvalue weighted by Gasteiger charge is -2.26. The molecule has 0 heterocycles. The summed E-state index contributed by atoms with van der Waals surface area (Å²) in [5.74, 6) is 0.574. The third kappa shape index (κ3) is 2.14. The first kappa shape index (κ1) is 10.6. The topological polar surface area (TPSA) is 49.3 Å². The Kier molecular flexibility index (Phi) is 2.54. The van der Waals surface area contributed by atoms with Crippen LogP contribution < -0.4 is 5.32 Å². The van der Waals surface area contributed by atoms with Crippen molar-refractivity contribution >= 4 is 5.91 Å². The van der Waals surface area contributed by atoms with Crippen molar-refractivity contribution in [2.75, 3.05) is 0 Å². The van der Waals surface area contributed by atoms with E-state index in [2.05, 4.69) is 5.32 Å². The summed E-state index contributed by atoms with van der Waals surface area (Å²) in [5.41, 5.74) is 1.56. The van der Waals surface area contributed by atoms with Gasteiger partial charge in [-0.05, 0) is 55.7 Å². The van der Waals surface area contributed by atoms with Crippen molar-refractivity contribution in [2.24, 2.45) is 0 Å². The summed E-state index contributed by atoms with van der Waals surface area (Å²) in [5, 5.41) is 12.8. The molecule has 0 bridgehead atoms. The van der Waals surface area contributed by atoms with E-state index in [9.17, 15) is 9.90 Å². The number of hydrogen-bond acceptors (Lipinski definition) is 2. The summed E-state index contributed by atoms with van der Waals surface area (Å²) in [4.78, 5) is 11.9. The van der Waals surface area contributed by atoms with Gasteiger partial charge < -0.3 is 10.4 Å². The monoisotopic (exact) mass is 231 g/mol. The third-order valence-corrected chi connectivity index (χ3v) is 3.76. The van der Waals surface area contributed by atoms with Crippen molar-refractivity contribution in [1.29, 1.82) is 0 Å². The van der Waals surface area contributed by atoms with E-state index >= 15 is 0 Å². The second-order valence-corrected chi connectivity index (χ2v) is 5.15. The third-order valence-electron chi connectivity index (χ3n) is 3.76. The zero-order chi connectivity index (χ0) is 11.8. The maximum atomic E-state index is 11.9. The Morgan fingerprint density at radius 1 is 1.24 bits per heavy atom. The van der Waals surface area contributed by atoms with Gasteiger partial charge in [0.1, 0.15) is 5.75 Å². The molecule has 0 spiro atoms. The minimum Gasteiger partial charge on any atom is -0.507 e. The fourth-order valence-electron chi connectivity index (χ4n) is 2.23. The Labute approximate surface area is 101 Å². The Hall–Kier alpha value is -1.51. The maximum Gasteiger partial charge on any atom is 0.255 e. The predicted octanol–water partition coefficient (Wildman–Crippen LogP) is 2.55. The Balaban J connectivity index is 1.74. The van der Waals surface area contributed by atoms with Crippen LogP contribution in [-0.2, 0) is 0 Å². The summed E-state index contributed by atoms with van der Waals surface area (Å²) >= 11 is 0. The summed E-state index contributed by atoms with van der Waals surface area (Å²) < 4.78 is 0. The molecule has 0 radical (unpaired) electrons. The highest BCUT2D eigenvalue weighted by molar-refractivity contribution is 5.97. The molecule has 1 amide bonds. The minimum atomic E-state index is -0.144. The number of carbonyl (C=O) groups excluding carboxylic acids is 1. The molecule has 3 heteroatoms. The largest absolute Gasteiger partial charge is 0.507 e. The van der Waals surface area contributed by atoms with Crippen LogP contribution in [0.25, 0.3) is 0 Å². The number of carbonyl (C=O) groups is 1. The number of rotatable bonds is 3. The molecule has 0 saturated heterocycles. The van der Waals surface area contributed by atoms with Crippen molar-refractivity contribution in [2.45, 2.75) is 44.1 Å². The molecule has 3 nitrogen and oxygen atoms in total. The van der Waals surface area contributed by atoms with Gasteiger partial charge in [-0.3, -0.25) is 4.79 Å². The molecule has 17 heavy (non-hydrogen) atoms. The number of benzene rings is 1. The molecule has 1 aromatic carbocycles. The van der Waals surface area contributed by atoms with Crippen molar-refractivity contribution in [3.63, 3.8) is 0 Å². The van der Waals surface area contributed by atoms with E-state index in [4.69, 9.17) is 0 Å². The van der Waals surface area contributed by atoms with Crippen LogP contribution in [-0.4, -0.2) is 17.1 Å². The van der Waals surface area contributed by atoms with Gasteiger partial charge in [0, 0.05) is 6.04 Å². The van der Waals surface area contributed by atoms with Gasteiger partial charge >= 0.3 is 0 Å². The fraction of sp³-hybridized carbons (Fsp3) is 0.500. The van der Waals surface area contributed by atoms with Crippen LogP contribution in [0.3, 0.4) is 0 Å². The minimum absolute atomic E-state index is 0.117. The van der Waals surface area contributed by atoms with Crippen molar-refractivity contribution < 1.29 is 9.90 Å². The number of hydrogen-bond donors (Lipinski definition) is 2. The zero-order valence-electron chi connectivity index (χ0n) is 9.78. The number of phenolic OH excluding ortho intramolecular Hbond substituents is 1. The van der Waals surface area contributed by atoms with Crippen molar-refractivity contribution in [3.05, 3.63) is 29.3 Å². The standard InChI is InChI=1S/C14H17NO2/c16-13-8-10(9-4-5-9)6-7-12(13)14(17)15-11-2-1-3-11/h6-9,11,16H,1-5H2,(H,15,17). The van der Waals surface area contributed by atoms with Crippen LogP contribution in [0.5, 0.6) is 5.75 Å². The van der Waals surface area contributed by atoms with E-state index in [1.54, 1.807) is 12.1 Å².